The predicted octanol–water partition coefficient (Wildman–Crippen LogP) is 8.76. The van der Waals surface area contributed by atoms with Crippen molar-refractivity contribution in [1.29, 1.82) is 0 Å². The maximum Gasteiger partial charge on any atom is 0.257 e. The maximum atomic E-state index is 3.53. The Morgan fingerprint density at radius 3 is 1.34 bits per heavy atom. The van der Waals surface area contributed by atoms with Crippen LogP contribution in [0.15, 0.2) is 12.4 Å². The summed E-state index contributed by atoms with van der Waals surface area (Å²) < 4.78 is 2.31. The van der Waals surface area contributed by atoms with E-state index in [4.69, 9.17) is 0 Å². The van der Waals surface area contributed by atoms with Crippen molar-refractivity contribution < 1.29 is 4.57 Å². The lowest BCUT2D eigenvalue weighted by Crippen LogP contribution is -2.32. The molecule has 0 saturated carbocycles. The summed E-state index contributed by atoms with van der Waals surface area (Å²) in [6.45, 7) is 4.60. The molecule has 0 saturated heterocycles. The fourth-order valence-corrected chi connectivity index (χ4v) is 4.64. The van der Waals surface area contributed by atoms with Crippen LogP contribution in [0.25, 0.3) is 0 Å². The summed E-state index contributed by atoms with van der Waals surface area (Å²) in [7, 11) is 2.20. The van der Waals surface area contributed by atoms with Crippen LogP contribution in [-0.4, -0.2) is 4.98 Å². The van der Waals surface area contributed by atoms with E-state index in [-0.39, 0.29) is 0 Å². The predicted molar refractivity (Wildman–Crippen MR) is 128 cm³/mol. The monoisotopic (exact) mass is 405 g/mol. The third-order valence-electron chi connectivity index (χ3n) is 6.61. The third kappa shape index (κ3) is 13.9. The molecule has 0 unspecified atom stereocenters. The number of aromatic amines is 1. The Bertz CT molecular complexity index is 451. The average Bonchev–Trinajstić information content (AvgIpc) is 3.15. The lowest BCUT2D eigenvalue weighted by Gasteiger charge is -2.13. The first-order valence-electron chi connectivity index (χ1n) is 13.3. The number of imidazole rings is 1. The van der Waals surface area contributed by atoms with E-state index in [1.165, 1.54) is 134 Å². The molecule has 0 amide bonds. The van der Waals surface area contributed by atoms with Crippen LogP contribution in [0.4, 0.5) is 0 Å². The van der Waals surface area contributed by atoms with E-state index in [0.29, 0.717) is 0 Å². The fraction of sp³-hybridized carbons (Fsp3) is 0.889. The van der Waals surface area contributed by atoms with E-state index < -0.39 is 0 Å². The fourth-order valence-electron chi connectivity index (χ4n) is 4.64. The summed E-state index contributed by atoms with van der Waals surface area (Å²) in [5.41, 5.74) is 0. The number of hydrogen-bond donors (Lipinski definition) is 1. The van der Waals surface area contributed by atoms with Crippen LogP contribution < -0.4 is 4.57 Å². The molecule has 29 heavy (non-hydrogen) atoms. The first-order chi connectivity index (χ1) is 14.3. The van der Waals surface area contributed by atoms with Crippen LogP contribution in [0.5, 0.6) is 0 Å². The number of H-pyrrole nitrogens is 1. The Labute approximate surface area is 183 Å². The van der Waals surface area contributed by atoms with E-state index in [0.717, 1.165) is 5.92 Å². The topological polar surface area (TPSA) is 19.7 Å². The Morgan fingerprint density at radius 1 is 0.621 bits per heavy atom. The lowest BCUT2D eigenvalue weighted by atomic mass is 9.93. The van der Waals surface area contributed by atoms with Gasteiger partial charge in [-0.05, 0) is 12.8 Å². The van der Waals surface area contributed by atoms with Crippen LogP contribution in [-0.2, 0) is 7.05 Å². The van der Waals surface area contributed by atoms with Gasteiger partial charge in [-0.1, -0.05) is 129 Å². The number of nitrogens with one attached hydrogen (secondary N) is 1. The van der Waals surface area contributed by atoms with Crippen LogP contribution >= 0.6 is 0 Å². The van der Waals surface area contributed by atoms with Crippen molar-refractivity contribution in [3.63, 3.8) is 0 Å². The highest BCUT2D eigenvalue weighted by molar-refractivity contribution is 4.89. The van der Waals surface area contributed by atoms with Gasteiger partial charge in [0.2, 0.25) is 0 Å². The third-order valence-corrected chi connectivity index (χ3v) is 6.61. The van der Waals surface area contributed by atoms with Crippen molar-refractivity contribution in [3.05, 3.63) is 18.2 Å². The molecule has 0 aromatic carbocycles. The number of aromatic nitrogens is 2. The zero-order valence-electron chi connectivity index (χ0n) is 20.3. The van der Waals surface area contributed by atoms with Crippen molar-refractivity contribution in [2.24, 2.45) is 7.05 Å². The van der Waals surface area contributed by atoms with E-state index in [1.807, 2.05) is 0 Å². The van der Waals surface area contributed by atoms with E-state index >= 15 is 0 Å². The summed E-state index contributed by atoms with van der Waals surface area (Å²) in [4.78, 5) is 3.53. The average molecular weight is 406 g/mol. The van der Waals surface area contributed by atoms with Gasteiger partial charge in [0.1, 0.15) is 12.4 Å². The highest BCUT2D eigenvalue weighted by atomic mass is 15.0. The summed E-state index contributed by atoms with van der Waals surface area (Å²) in [5.74, 6) is 2.17. The Kier molecular flexibility index (Phi) is 17.4. The van der Waals surface area contributed by atoms with Gasteiger partial charge < -0.3 is 0 Å². The van der Waals surface area contributed by atoms with Gasteiger partial charge in [0, 0.05) is 0 Å². The molecule has 0 aliphatic rings. The van der Waals surface area contributed by atoms with E-state index in [9.17, 15) is 0 Å². The van der Waals surface area contributed by atoms with E-state index in [1.54, 1.807) is 0 Å². The van der Waals surface area contributed by atoms with Crippen LogP contribution in [0, 0.1) is 0 Å². The molecule has 1 heterocycles. The molecule has 0 aliphatic heterocycles. The highest BCUT2D eigenvalue weighted by Crippen LogP contribution is 2.26. The number of aryl methyl sites for hydroxylation is 1. The zero-order chi connectivity index (χ0) is 21.0. The molecule has 1 aromatic rings. The van der Waals surface area contributed by atoms with Crippen molar-refractivity contribution in [3.8, 4) is 0 Å². The molecule has 2 nitrogen and oxygen atoms in total. The second kappa shape index (κ2) is 19.2. The second-order valence-corrected chi connectivity index (χ2v) is 9.39. The van der Waals surface area contributed by atoms with Crippen LogP contribution in [0.3, 0.4) is 0 Å². The second-order valence-electron chi connectivity index (χ2n) is 9.39. The molecule has 1 rings (SSSR count). The Morgan fingerprint density at radius 2 is 1.00 bits per heavy atom. The molecule has 1 aromatic heterocycles. The lowest BCUT2D eigenvalue weighted by molar-refractivity contribution is -0.679. The minimum absolute atomic E-state index is 0.726. The number of rotatable bonds is 21. The van der Waals surface area contributed by atoms with Crippen molar-refractivity contribution in [2.45, 2.75) is 148 Å². The van der Waals surface area contributed by atoms with Gasteiger partial charge in [-0.25, -0.2) is 9.55 Å². The maximum absolute atomic E-state index is 3.53. The first-order valence-corrected chi connectivity index (χ1v) is 13.3. The summed E-state index contributed by atoms with van der Waals surface area (Å²) in [6, 6.07) is 0. The number of unbranched alkanes of at least 4 members (excludes halogenated alkanes) is 16. The van der Waals surface area contributed by atoms with Gasteiger partial charge in [-0.15, -0.1) is 0 Å². The van der Waals surface area contributed by atoms with Gasteiger partial charge in [0.05, 0.1) is 13.0 Å². The summed E-state index contributed by atoms with van der Waals surface area (Å²) >= 11 is 0. The molecule has 1 N–H and O–H groups in total. The molecule has 0 fully saturated rings. The van der Waals surface area contributed by atoms with Gasteiger partial charge in [0.25, 0.3) is 5.82 Å². The molecule has 0 spiro atoms. The van der Waals surface area contributed by atoms with Gasteiger partial charge in [-0.3, -0.25) is 0 Å². The van der Waals surface area contributed by atoms with Gasteiger partial charge in [0.15, 0.2) is 0 Å². The molecule has 0 aliphatic carbocycles. The van der Waals surface area contributed by atoms with Crippen molar-refractivity contribution in [2.75, 3.05) is 0 Å². The van der Waals surface area contributed by atoms with Gasteiger partial charge >= 0.3 is 0 Å². The highest BCUT2D eigenvalue weighted by Gasteiger charge is 2.20. The Balaban J connectivity index is 2.12. The standard InChI is InChI=1S/C27H52N2/c1-4-6-8-10-12-13-14-15-17-19-21-23-26(27-28-24-25-29(27)3)22-20-18-16-11-9-7-5-2/h24-26H,4-23H2,1-3H3/p+1/t26-/m0/s1. The summed E-state index contributed by atoms with van der Waals surface area (Å²) in [5, 5.41) is 0. The molecule has 170 valence electrons. The summed E-state index contributed by atoms with van der Waals surface area (Å²) in [6.07, 6.45) is 32.7. The smallest absolute Gasteiger partial charge is 0.247 e. The molecular formula is C27H53N2+. The quantitative estimate of drug-likeness (QED) is 0.156. The van der Waals surface area contributed by atoms with Crippen LogP contribution in [0.2, 0.25) is 0 Å². The minimum atomic E-state index is 0.726. The molecular weight excluding hydrogens is 352 g/mol. The van der Waals surface area contributed by atoms with E-state index in [2.05, 4.69) is 42.8 Å². The molecule has 2 heteroatoms. The number of hydrogen-bond acceptors (Lipinski definition) is 0. The van der Waals surface area contributed by atoms with Crippen molar-refractivity contribution >= 4 is 0 Å². The minimum Gasteiger partial charge on any atom is -0.247 e. The number of nitrogens with zero attached hydrogens (tertiary/aromatic N) is 1. The molecule has 0 bridgehead atoms. The molecule has 0 radical (unpaired) electrons. The zero-order valence-corrected chi connectivity index (χ0v) is 20.3. The largest absolute Gasteiger partial charge is 0.257 e. The Hall–Kier alpha value is -0.790. The first kappa shape index (κ1) is 26.2. The normalized spacial score (nSPS) is 12.5. The molecule has 1 atom stereocenters. The van der Waals surface area contributed by atoms with Crippen LogP contribution in [0.1, 0.15) is 154 Å². The SMILES string of the molecule is CCCCCCCCCCCCC[C@H](CCCCCCCCC)c1[nH]cc[n+]1C. The van der Waals surface area contributed by atoms with Crippen molar-refractivity contribution in [1.82, 2.24) is 4.98 Å². The van der Waals surface area contributed by atoms with Gasteiger partial charge in [-0.2, -0.15) is 0 Å².